The van der Waals surface area contributed by atoms with Gasteiger partial charge in [0.25, 0.3) is 0 Å². The first-order valence-electron chi connectivity index (χ1n) is 17.7. The second-order valence-electron chi connectivity index (χ2n) is 15.2. The van der Waals surface area contributed by atoms with Crippen molar-refractivity contribution in [3.63, 3.8) is 0 Å². The predicted octanol–water partition coefficient (Wildman–Crippen LogP) is 0.699. The molecule has 6 rings (SSSR count). The second kappa shape index (κ2) is 17.5. The monoisotopic (exact) mass is 888 g/mol. The van der Waals surface area contributed by atoms with Crippen molar-refractivity contribution in [2.24, 2.45) is 0 Å². The molecule has 0 radical (unpaired) electrons. The first-order chi connectivity index (χ1) is 23.7. The van der Waals surface area contributed by atoms with Crippen molar-refractivity contribution >= 4 is 47.1 Å². The molecule has 0 amide bonds. The predicted molar refractivity (Wildman–Crippen MR) is 186 cm³/mol. The van der Waals surface area contributed by atoms with Crippen LogP contribution >= 0.6 is 23.2 Å². The number of carbonyl (C=O) groups is 4. The molecule has 4 aliphatic rings. The minimum Gasteiger partial charge on any atom is -1.00 e. The summed E-state index contributed by atoms with van der Waals surface area (Å²) in [4.78, 5) is 48.5. The van der Waals surface area contributed by atoms with E-state index in [4.69, 9.17) is 42.1 Å². The third kappa shape index (κ3) is 9.52. The molecule has 0 aromatic heterocycles. The molecule has 2 aromatic carbocycles. The lowest BCUT2D eigenvalue weighted by atomic mass is 9.95. The van der Waals surface area contributed by atoms with Crippen LogP contribution < -0.4 is 43.4 Å². The molecule has 4 aliphatic heterocycles. The Labute approximate surface area is 337 Å². The summed E-state index contributed by atoms with van der Waals surface area (Å²) in [6.45, 7) is 4.29. The topological polar surface area (TPSA) is 105 Å². The molecule has 0 saturated carbocycles. The third-order valence-electron chi connectivity index (χ3n) is 11.8. The average Bonchev–Trinajstić information content (AvgIpc) is 3.27. The van der Waals surface area contributed by atoms with Crippen LogP contribution in [0.2, 0.25) is 10.0 Å². The van der Waals surface area contributed by atoms with Gasteiger partial charge >= 0.3 is 23.9 Å². The highest BCUT2D eigenvalue weighted by atomic mass is 79.9. The van der Waals surface area contributed by atoms with E-state index in [9.17, 15) is 19.2 Å². The first kappa shape index (κ1) is 42.5. The molecule has 0 aliphatic carbocycles. The van der Waals surface area contributed by atoms with Crippen LogP contribution in [0.15, 0.2) is 36.4 Å². The van der Waals surface area contributed by atoms with E-state index in [1.165, 1.54) is 13.8 Å². The SMILES string of the molecule is CC(=O)Oc1ccc(C[N+]2(C)[C@@H]3CC[C@H]2CC(OC(=O)CCC(=O)OC2C[C@H]4CC[C@@H](C2)[N+]4(C)Cc2ccc(OC(C)=O)c(Cl)c2)C3)cc1Cl.[Br-].[Br-]. The van der Waals surface area contributed by atoms with Crippen LogP contribution in [-0.2, 0) is 41.7 Å². The molecule has 4 unspecified atom stereocenters. The smallest absolute Gasteiger partial charge is 0.308 e. The molecule has 14 heteroatoms. The maximum atomic E-state index is 12.9. The van der Waals surface area contributed by atoms with Crippen LogP contribution in [0.1, 0.15) is 89.2 Å². The fourth-order valence-corrected chi connectivity index (χ4v) is 9.82. The summed E-state index contributed by atoms with van der Waals surface area (Å²) >= 11 is 12.8. The zero-order chi connectivity index (χ0) is 35.8. The Balaban J connectivity index is 0.00000302. The van der Waals surface area contributed by atoms with Crippen LogP contribution in [0.4, 0.5) is 0 Å². The average molecular weight is 892 g/mol. The fourth-order valence-electron chi connectivity index (χ4n) is 9.34. The van der Waals surface area contributed by atoms with Gasteiger partial charge in [-0.05, 0) is 36.4 Å². The molecular formula is C38H48Br2Cl2N2O8. The third-order valence-corrected chi connectivity index (χ3v) is 12.4. The van der Waals surface area contributed by atoms with Gasteiger partial charge in [0, 0.05) is 76.3 Å². The molecule has 4 heterocycles. The Morgan fingerprint density at radius 2 is 0.942 bits per heavy atom. The zero-order valence-corrected chi connectivity index (χ0v) is 34.8. The van der Waals surface area contributed by atoms with Crippen molar-refractivity contribution in [1.82, 2.24) is 0 Å². The van der Waals surface area contributed by atoms with E-state index in [1.54, 1.807) is 12.1 Å². The van der Waals surface area contributed by atoms with Gasteiger partial charge in [0.2, 0.25) is 0 Å². The van der Waals surface area contributed by atoms with Crippen molar-refractivity contribution in [3.8, 4) is 11.5 Å². The van der Waals surface area contributed by atoms with Gasteiger partial charge in [-0.1, -0.05) is 23.2 Å². The number of ether oxygens (including phenoxy) is 4. The standard InChI is InChI=1S/C38H48Cl2N2O8.2BrH/c1-23(43)47-35-11-5-25(15-33(35)39)21-41(3)27-7-8-28(41)18-31(17-27)49-37(45)13-14-38(46)50-32-19-29-9-10-30(20-32)42(29,4)22-26-6-12-36(34(40)16-26)48-24(2)44;;/h5-6,11-12,15-16,27-32H,7-10,13-14,17-22H2,1-4H3;2*1H/q+2;;/p-2/t27-,28+,29-,30+,31?,32?,41?,42?;;. The number of benzene rings is 2. The highest BCUT2D eigenvalue weighted by molar-refractivity contribution is 6.32. The molecule has 4 bridgehead atoms. The maximum absolute atomic E-state index is 12.9. The Bertz CT molecular complexity index is 1510. The lowest BCUT2D eigenvalue weighted by molar-refractivity contribution is -0.961. The Hall–Kier alpha value is -2.22. The molecule has 52 heavy (non-hydrogen) atoms. The molecule has 4 saturated heterocycles. The molecular weight excluding hydrogens is 843 g/mol. The number of piperidine rings is 2. The van der Waals surface area contributed by atoms with Gasteiger partial charge in [-0.25, -0.2) is 0 Å². The Morgan fingerprint density at radius 1 is 0.615 bits per heavy atom. The maximum Gasteiger partial charge on any atom is 0.308 e. The number of carbonyl (C=O) groups excluding carboxylic acids is 4. The van der Waals surface area contributed by atoms with E-state index in [0.717, 1.165) is 84.5 Å². The number of hydrogen-bond acceptors (Lipinski definition) is 8. The van der Waals surface area contributed by atoms with Crippen LogP contribution in [0.25, 0.3) is 0 Å². The summed E-state index contributed by atoms with van der Waals surface area (Å²) in [5, 5.41) is 0.832. The van der Waals surface area contributed by atoms with E-state index in [1.807, 2.05) is 24.3 Å². The first-order valence-corrected chi connectivity index (χ1v) is 18.5. The number of fused-ring (bicyclic) bond motifs is 4. The quantitative estimate of drug-likeness (QED) is 0.185. The van der Waals surface area contributed by atoms with E-state index in [2.05, 4.69) is 14.1 Å². The number of hydrogen-bond donors (Lipinski definition) is 0. The largest absolute Gasteiger partial charge is 1.00 e. The Kier molecular flexibility index (Phi) is 14.3. The molecule has 0 N–H and O–H groups in total. The van der Waals surface area contributed by atoms with Gasteiger partial charge in [-0.15, -0.1) is 0 Å². The van der Waals surface area contributed by atoms with E-state index in [-0.39, 0.29) is 71.0 Å². The van der Waals surface area contributed by atoms with Crippen molar-refractivity contribution in [1.29, 1.82) is 0 Å². The highest BCUT2D eigenvalue weighted by Gasteiger charge is 2.53. The van der Waals surface area contributed by atoms with Crippen LogP contribution in [0.3, 0.4) is 0 Å². The number of quaternary nitrogens is 2. The number of rotatable bonds is 11. The Morgan fingerprint density at radius 3 is 1.23 bits per heavy atom. The summed E-state index contributed by atoms with van der Waals surface area (Å²) in [7, 11) is 4.53. The van der Waals surface area contributed by atoms with E-state index < -0.39 is 11.9 Å². The number of halogens is 4. The van der Waals surface area contributed by atoms with Crippen LogP contribution in [0, 0.1) is 0 Å². The molecule has 2 aromatic rings. The normalized spacial score (nSPS) is 30.0. The summed E-state index contributed by atoms with van der Waals surface area (Å²) in [6.07, 6.45) is 7.12. The lowest BCUT2D eigenvalue weighted by Crippen LogP contribution is -3.00. The van der Waals surface area contributed by atoms with Crippen molar-refractivity contribution in [2.45, 2.75) is 128 Å². The van der Waals surface area contributed by atoms with Gasteiger partial charge in [0.1, 0.15) is 36.8 Å². The summed E-state index contributed by atoms with van der Waals surface area (Å²) in [5.74, 6) is -0.784. The van der Waals surface area contributed by atoms with Crippen molar-refractivity contribution in [2.75, 3.05) is 14.1 Å². The lowest BCUT2D eigenvalue weighted by Gasteiger charge is -2.47. The molecule has 4 fully saturated rings. The van der Waals surface area contributed by atoms with Crippen LogP contribution in [0.5, 0.6) is 11.5 Å². The second-order valence-corrected chi connectivity index (χ2v) is 16.0. The number of esters is 4. The zero-order valence-electron chi connectivity index (χ0n) is 30.1. The van der Waals surface area contributed by atoms with Gasteiger partial charge in [0.15, 0.2) is 0 Å². The van der Waals surface area contributed by atoms with Gasteiger partial charge in [-0.2, -0.15) is 0 Å². The molecule has 286 valence electrons. The molecule has 10 nitrogen and oxygen atoms in total. The summed E-state index contributed by atoms with van der Waals surface area (Å²) in [5.41, 5.74) is 2.15. The molecule has 8 atom stereocenters. The van der Waals surface area contributed by atoms with Gasteiger partial charge in [0.05, 0.1) is 61.1 Å². The summed E-state index contributed by atoms with van der Waals surface area (Å²) < 4.78 is 23.9. The van der Waals surface area contributed by atoms with Crippen LogP contribution in [-0.4, -0.2) is 83.3 Å². The minimum atomic E-state index is -0.407. The van der Waals surface area contributed by atoms with Gasteiger partial charge in [-0.3, -0.25) is 19.2 Å². The van der Waals surface area contributed by atoms with Crippen molar-refractivity contribution < 1.29 is 81.1 Å². The van der Waals surface area contributed by atoms with E-state index >= 15 is 0 Å². The van der Waals surface area contributed by atoms with E-state index in [0.29, 0.717) is 45.7 Å². The summed E-state index contributed by atoms with van der Waals surface area (Å²) in [6, 6.07) is 12.6. The van der Waals surface area contributed by atoms with Crippen molar-refractivity contribution in [3.05, 3.63) is 57.6 Å². The molecule has 0 spiro atoms. The fraction of sp³-hybridized carbons (Fsp3) is 0.579. The number of nitrogens with zero attached hydrogens (tertiary/aromatic N) is 2. The minimum absolute atomic E-state index is 0. The van der Waals surface area contributed by atoms with Gasteiger partial charge < -0.3 is 61.9 Å². The highest BCUT2D eigenvalue weighted by Crippen LogP contribution is 2.45.